The maximum Gasteiger partial charge on any atom is 0.0502 e. The summed E-state index contributed by atoms with van der Waals surface area (Å²) in [7, 11) is 0. The normalized spacial score (nSPS) is 17.1. The molecule has 0 atom stereocenters. The van der Waals surface area contributed by atoms with Crippen LogP contribution in [0.1, 0.15) is 0 Å². The highest BCUT2D eigenvalue weighted by atomic mass is 32.2. The van der Waals surface area contributed by atoms with Gasteiger partial charge in [-0.1, -0.05) is 18.2 Å². The van der Waals surface area contributed by atoms with Crippen LogP contribution >= 0.6 is 23.9 Å². The van der Waals surface area contributed by atoms with E-state index in [9.17, 15) is 0 Å². The van der Waals surface area contributed by atoms with Crippen LogP contribution in [0.3, 0.4) is 0 Å². The van der Waals surface area contributed by atoms with Gasteiger partial charge in [0.1, 0.15) is 0 Å². The van der Waals surface area contributed by atoms with Gasteiger partial charge in [-0.2, -0.15) is 5.11 Å². The maximum absolute atomic E-state index is 3.89. The lowest BCUT2D eigenvalue weighted by Gasteiger charge is -1.70. The van der Waals surface area contributed by atoms with E-state index in [1.807, 2.05) is 41.2 Å². The van der Waals surface area contributed by atoms with E-state index in [0.717, 1.165) is 0 Å². The molecular weight excluding hydrogens is 214 g/mol. The van der Waals surface area contributed by atoms with Crippen molar-refractivity contribution in [2.45, 2.75) is 0 Å². The highest BCUT2D eigenvalue weighted by molar-refractivity contribution is 8.01. The fourth-order valence-corrected chi connectivity index (χ4v) is 1.25. The SMILES string of the molecule is C1=CC=NSC=C1.C1=CN=NSC=C1. The van der Waals surface area contributed by atoms with Gasteiger partial charge >= 0.3 is 0 Å². The summed E-state index contributed by atoms with van der Waals surface area (Å²) >= 11 is 2.77. The Kier molecular flexibility index (Phi) is 6.70. The summed E-state index contributed by atoms with van der Waals surface area (Å²) in [6.07, 6.45) is 13.0. The Balaban J connectivity index is 0.000000140. The van der Waals surface area contributed by atoms with Crippen molar-refractivity contribution in [1.82, 2.24) is 0 Å². The quantitative estimate of drug-likeness (QED) is 0.584. The van der Waals surface area contributed by atoms with Gasteiger partial charge < -0.3 is 0 Å². The molecule has 0 aromatic carbocycles. The molecule has 0 radical (unpaired) electrons. The van der Waals surface area contributed by atoms with E-state index < -0.39 is 0 Å². The molecule has 0 saturated carbocycles. The number of nitrogens with zero attached hydrogens (tertiary/aromatic N) is 3. The van der Waals surface area contributed by atoms with E-state index in [1.54, 1.807) is 12.4 Å². The van der Waals surface area contributed by atoms with E-state index in [2.05, 4.69) is 14.0 Å². The third-order valence-electron chi connectivity index (χ3n) is 1.07. The van der Waals surface area contributed by atoms with Crippen LogP contribution in [-0.4, -0.2) is 6.21 Å². The molecule has 5 heteroatoms. The van der Waals surface area contributed by atoms with Crippen LogP contribution in [0.15, 0.2) is 61.4 Å². The lowest BCUT2D eigenvalue weighted by molar-refractivity contribution is 1.35. The Morgan fingerprint density at radius 1 is 0.786 bits per heavy atom. The molecule has 72 valence electrons. The van der Waals surface area contributed by atoms with Crippen molar-refractivity contribution in [1.29, 1.82) is 0 Å². The predicted octanol–water partition coefficient (Wildman–Crippen LogP) is 3.92. The molecule has 0 aromatic heterocycles. The third kappa shape index (κ3) is 6.45. The summed E-state index contributed by atoms with van der Waals surface area (Å²) in [5.41, 5.74) is 0. The predicted molar refractivity (Wildman–Crippen MR) is 65.1 cm³/mol. The average molecular weight is 223 g/mol. The van der Waals surface area contributed by atoms with Gasteiger partial charge in [-0.3, -0.25) is 0 Å². The minimum Gasteiger partial charge on any atom is -0.220 e. The van der Waals surface area contributed by atoms with Crippen LogP contribution in [0.25, 0.3) is 0 Å². The highest BCUT2D eigenvalue weighted by Gasteiger charge is 1.73. The molecule has 2 aliphatic heterocycles. The second-order valence-electron chi connectivity index (χ2n) is 2.05. The molecule has 3 nitrogen and oxygen atoms in total. The largest absolute Gasteiger partial charge is 0.220 e. The van der Waals surface area contributed by atoms with E-state index >= 15 is 0 Å². The second-order valence-corrected chi connectivity index (χ2v) is 3.39. The smallest absolute Gasteiger partial charge is 0.0502 e. The minimum absolute atomic E-state index is 1.33. The fourth-order valence-electron chi connectivity index (χ4n) is 0.550. The van der Waals surface area contributed by atoms with Gasteiger partial charge in [0.15, 0.2) is 0 Å². The molecule has 0 spiro atoms. The highest BCUT2D eigenvalue weighted by Crippen LogP contribution is 2.06. The first kappa shape index (κ1) is 11.0. The molecule has 0 N–H and O–H groups in total. The average Bonchev–Trinajstić information content (AvgIpc) is 2.68. The molecule has 0 saturated heterocycles. The van der Waals surface area contributed by atoms with Gasteiger partial charge in [-0.15, -0.1) is 4.52 Å². The summed E-state index contributed by atoms with van der Waals surface area (Å²) in [6.45, 7) is 0. The number of hydrogen-bond acceptors (Lipinski definition) is 5. The van der Waals surface area contributed by atoms with Gasteiger partial charge in [-0.25, -0.2) is 4.40 Å². The van der Waals surface area contributed by atoms with E-state index in [1.165, 1.54) is 23.9 Å². The van der Waals surface area contributed by atoms with E-state index in [-0.39, 0.29) is 0 Å². The van der Waals surface area contributed by atoms with Crippen LogP contribution < -0.4 is 0 Å². The first-order chi connectivity index (χ1) is 7.00. The molecule has 2 heterocycles. The van der Waals surface area contributed by atoms with Crippen molar-refractivity contribution >= 4 is 30.1 Å². The van der Waals surface area contributed by atoms with Gasteiger partial charge in [0.2, 0.25) is 0 Å². The molecule has 0 aromatic rings. The monoisotopic (exact) mass is 223 g/mol. The third-order valence-corrected chi connectivity index (χ3v) is 2.06. The van der Waals surface area contributed by atoms with Gasteiger partial charge in [0.25, 0.3) is 0 Å². The summed E-state index contributed by atoms with van der Waals surface area (Å²) in [5.74, 6) is 0. The lowest BCUT2D eigenvalue weighted by Crippen LogP contribution is -1.51. The van der Waals surface area contributed by atoms with Crippen molar-refractivity contribution < 1.29 is 0 Å². The summed E-state index contributed by atoms with van der Waals surface area (Å²) < 4.78 is 7.53. The number of rotatable bonds is 0. The van der Waals surface area contributed by atoms with E-state index in [4.69, 9.17) is 0 Å². The van der Waals surface area contributed by atoms with Gasteiger partial charge in [-0.05, 0) is 23.0 Å². The van der Waals surface area contributed by atoms with Crippen LogP contribution in [0.4, 0.5) is 0 Å². The molecule has 0 aliphatic carbocycles. The Morgan fingerprint density at radius 3 is 2.64 bits per heavy atom. The zero-order valence-corrected chi connectivity index (χ0v) is 8.99. The Bertz CT molecular complexity index is 254. The van der Waals surface area contributed by atoms with Crippen molar-refractivity contribution in [3.8, 4) is 0 Å². The number of allylic oxidation sites excluding steroid dienone is 5. The molecule has 0 bridgehead atoms. The zero-order chi connectivity index (χ0) is 9.90. The minimum atomic E-state index is 1.33. The van der Waals surface area contributed by atoms with Crippen LogP contribution in [0.5, 0.6) is 0 Å². The van der Waals surface area contributed by atoms with Crippen molar-refractivity contribution in [3.05, 3.63) is 47.4 Å². The molecular formula is C9H9N3S2. The van der Waals surface area contributed by atoms with Crippen molar-refractivity contribution in [2.24, 2.45) is 14.0 Å². The van der Waals surface area contributed by atoms with E-state index in [0.29, 0.717) is 0 Å². The van der Waals surface area contributed by atoms with Crippen LogP contribution in [-0.2, 0) is 0 Å². The van der Waals surface area contributed by atoms with Crippen LogP contribution in [0, 0.1) is 0 Å². The second kappa shape index (κ2) is 8.52. The maximum atomic E-state index is 3.89. The standard InChI is InChI=1S/C5H5NS.C4H4N2S/c1-2-4-6-7-5-3-1;1-2-4-7-6-5-3-1/h1-5H;1-4H. The lowest BCUT2D eigenvalue weighted by atomic mass is 10.5. The fraction of sp³-hybridized carbons (Fsp3) is 0. The Hall–Kier alpha value is -1.07. The molecule has 0 amide bonds. The van der Waals surface area contributed by atoms with Crippen molar-refractivity contribution in [3.63, 3.8) is 0 Å². The topological polar surface area (TPSA) is 37.1 Å². The first-order valence-corrected chi connectivity index (χ1v) is 5.56. The molecule has 2 aliphatic rings. The summed E-state index contributed by atoms with van der Waals surface area (Å²) in [4.78, 5) is 0. The van der Waals surface area contributed by atoms with Gasteiger partial charge in [0, 0.05) is 30.1 Å². The Morgan fingerprint density at radius 2 is 1.64 bits per heavy atom. The zero-order valence-electron chi connectivity index (χ0n) is 7.35. The summed E-state index contributed by atoms with van der Waals surface area (Å²) in [5, 5.41) is 7.41. The van der Waals surface area contributed by atoms with Crippen molar-refractivity contribution in [2.75, 3.05) is 0 Å². The molecule has 14 heavy (non-hydrogen) atoms. The van der Waals surface area contributed by atoms with Crippen LogP contribution in [0.2, 0.25) is 0 Å². The Labute approximate surface area is 91.8 Å². The van der Waals surface area contributed by atoms with Gasteiger partial charge in [0.05, 0.1) is 6.20 Å². The molecule has 0 unspecified atom stereocenters. The first-order valence-electron chi connectivity index (χ1n) is 3.89. The molecule has 0 fully saturated rings. The summed E-state index contributed by atoms with van der Waals surface area (Å²) in [6, 6.07) is 0. The molecule has 2 rings (SSSR count). The number of hydrogen-bond donors (Lipinski definition) is 0.